The molecule has 1 aliphatic heterocycles. The Hall–Kier alpha value is -3.41. The van der Waals surface area contributed by atoms with Gasteiger partial charge in [-0.25, -0.2) is 4.98 Å². The largest absolute Gasteiger partial charge is 0.481 e. The van der Waals surface area contributed by atoms with Gasteiger partial charge in [-0.1, -0.05) is 84.0 Å². The van der Waals surface area contributed by atoms with Gasteiger partial charge in [-0.05, 0) is 52.8 Å². The maximum atomic E-state index is 13.3. The molecule has 1 N–H and O–H groups in total. The maximum absolute atomic E-state index is 13.3. The molecule has 6 heteroatoms. The Balaban J connectivity index is 1.46. The third kappa shape index (κ3) is 7.81. The second-order valence-electron chi connectivity index (χ2n) is 13.1. The van der Waals surface area contributed by atoms with E-state index in [-0.39, 0.29) is 46.6 Å². The summed E-state index contributed by atoms with van der Waals surface area (Å²) in [7, 11) is 0. The molecule has 1 aliphatic rings. The van der Waals surface area contributed by atoms with Crippen LogP contribution in [0.25, 0.3) is 0 Å². The van der Waals surface area contributed by atoms with E-state index in [1.54, 1.807) is 0 Å². The first-order valence-corrected chi connectivity index (χ1v) is 14.1. The highest BCUT2D eigenvalue weighted by atomic mass is 16.5. The van der Waals surface area contributed by atoms with Crippen LogP contribution in [-0.2, 0) is 18.4 Å². The van der Waals surface area contributed by atoms with Crippen LogP contribution in [0.15, 0.2) is 59.4 Å². The van der Waals surface area contributed by atoms with Gasteiger partial charge in [0.2, 0.25) is 5.75 Å². The monoisotopic (exact) mass is 529 g/mol. The van der Waals surface area contributed by atoms with Gasteiger partial charge in [0, 0.05) is 31.6 Å². The number of aromatic nitrogens is 2. The van der Waals surface area contributed by atoms with Gasteiger partial charge in [0.15, 0.2) is 11.5 Å². The minimum absolute atomic E-state index is 0.0189. The van der Waals surface area contributed by atoms with Crippen molar-refractivity contribution < 1.29 is 9.53 Å². The van der Waals surface area contributed by atoms with Crippen LogP contribution in [0, 0.1) is 11.3 Å². The van der Waals surface area contributed by atoms with Gasteiger partial charge in [0.25, 0.3) is 5.56 Å². The molecule has 2 heterocycles. The molecule has 0 unspecified atom stereocenters. The molecule has 6 nitrogen and oxygen atoms in total. The van der Waals surface area contributed by atoms with Crippen LogP contribution < -0.4 is 15.2 Å². The Morgan fingerprint density at radius 3 is 2.21 bits per heavy atom. The number of ketones is 1. The highest BCUT2D eigenvalue weighted by Gasteiger charge is 2.26. The standard InChI is InChI=1S/C33H43N3O3/c1-32(2,3)21-27(37)29-30(39-22-24-10-8-7-9-11-24)31(38)35-28(34-29)20-23-16-18-36(19-17-23)26-14-12-25(13-15-26)33(4,5)6/h7-15,23H,16-22H2,1-6H3,(H,34,35,38). The smallest absolute Gasteiger partial charge is 0.294 e. The molecule has 0 spiro atoms. The van der Waals surface area contributed by atoms with Crippen molar-refractivity contribution in [2.24, 2.45) is 11.3 Å². The second kappa shape index (κ2) is 11.8. The zero-order valence-electron chi connectivity index (χ0n) is 24.3. The average molecular weight is 530 g/mol. The van der Waals surface area contributed by atoms with Crippen molar-refractivity contribution in [2.75, 3.05) is 18.0 Å². The van der Waals surface area contributed by atoms with E-state index in [2.05, 4.69) is 54.9 Å². The molecule has 4 rings (SSSR count). The summed E-state index contributed by atoms with van der Waals surface area (Å²) in [5, 5.41) is 0. The van der Waals surface area contributed by atoms with Gasteiger partial charge < -0.3 is 14.6 Å². The molecule has 0 saturated carbocycles. The summed E-state index contributed by atoms with van der Waals surface area (Å²) in [5.74, 6) is 0.814. The maximum Gasteiger partial charge on any atom is 0.294 e. The third-order valence-corrected chi connectivity index (χ3v) is 7.30. The number of carbonyl (C=O) groups is 1. The molecule has 1 fully saturated rings. The van der Waals surface area contributed by atoms with E-state index >= 15 is 0 Å². The van der Waals surface area contributed by atoms with Crippen LogP contribution in [0.2, 0.25) is 0 Å². The number of rotatable bonds is 8. The molecular formula is C33H43N3O3. The lowest BCUT2D eigenvalue weighted by molar-refractivity contribution is 0.0928. The molecule has 1 saturated heterocycles. The van der Waals surface area contributed by atoms with Crippen molar-refractivity contribution in [1.82, 2.24) is 9.97 Å². The molecule has 0 amide bonds. The molecule has 0 atom stereocenters. The van der Waals surface area contributed by atoms with Crippen molar-refractivity contribution in [3.8, 4) is 5.75 Å². The number of piperidine rings is 1. The lowest BCUT2D eigenvalue weighted by Gasteiger charge is -2.34. The fourth-order valence-electron chi connectivity index (χ4n) is 5.06. The van der Waals surface area contributed by atoms with Crippen molar-refractivity contribution in [3.05, 3.63) is 87.6 Å². The number of Topliss-reactive ketones (excluding diaryl/α,β-unsaturated/α-hetero) is 1. The molecule has 0 radical (unpaired) electrons. The highest BCUT2D eigenvalue weighted by molar-refractivity contribution is 5.97. The SMILES string of the molecule is CC(C)(C)CC(=O)c1nc(CC2CCN(c3ccc(C(C)(C)C)cc3)CC2)[nH]c(=O)c1OCc1ccccc1. The van der Waals surface area contributed by atoms with Crippen LogP contribution >= 0.6 is 0 Å². The van der Waals surface area contributed by atoms with E-state index in [4.69, 9.17) is 9.72 Å². The van der Waals surface area contributed by atoms with E-state index < -0.39 is 0 Å². The lowest BCUT2D eigenvalue weighted by Crippen LogP contribution is -2.35. The summed E-state index contributed by atoms with van der Waals surface area (Å²) in [6, 6.07) is 18.5. The molecule has 3 aromatic rings. The van der Waals surface area contributed by atoms with Crippen LogP contribution in [0.4, 0.5) is 5.69 Å². The number of anilines is 1. The van der Waals surface area contributed by atoms with Gasteiger partial charge in [0.05, 0.1) is 0 Å². The molecular weight excluding hydrogens is 486 g/mol. The number of benzene rings is 2. The molecule has 2 aromatic carbocycles. The average Bonchev–Trinajstić information content (AvgIpc) is 2.87. The Labute approximate surface area is 232 Å². The van der Waals surface area contributed by atoms with E-state index in [0.717, 1.165) is 31.5 Å². The number of hydrogen-bond donors (Lipinski definition) is 1. The number of H-pyrrole nitrogens is 1. The van der Waals surface area contributed by atoms with Crippen LogP contribution in [0.5, 0.6) is 5.75 Å². The number of carbonyl (C=O) groups excluding carboxylic acids is 1. The van der Waals surface area contributed by atoms with Gasteiger partial charge in [0.1, 0.15) is 12.4 Å². The zero-order valence-corrected chi connectivity index (χ0v) is 24.3. The topological polar surface area (TPSA) is 75.3 Å². The first-order chi connectivity index (χ1) is 18.4. The van der Waals surface area contributed by atoms with Crippen molar-refractivity contribution in [1.29, 1.82) is 0 Å². The highest BCUT2D eigenvalue weighted by Crippen LogP contribution is 2.29. The fourth-order valence-corrected chi connectivity index (χ4v) is 5.06. The number of hydrogen-bond acceptors (Lipinski definition) is 5. The summed E-state index contributed by atoms with van der Waals surface area (Å²) >= 11 is 0. The van der Waals surface area contributed by atoms with Crippen molar-refractivity contribution in [3.63, 3.8) is 0 Å². The predicted octanol–water partition coefficient (Wildman–Crippen LogP) is 6.72. The van der Waals surface area contributed by atoms with Crippen molar-refractivity contribution >= 4 is 11.5 Å². The first-order valence-electron chi connectivity index (χ1n) is 14.1. The quantitative estimate of drug-likeness (QED) is 0.328. The predicted molar refractivity (Wildman–Crippen MR) is 158 cm³/mol. The number of ether oxygens (including phenoxy) is 1. The van der Waals surface area contributed by atoms with E-state index in [0.29, 0.717) is 18.2 Å². The zero-order chi connectivity index (χ0) is 28.2. The third-order valence-electron chi connectivity index (χ3n) is 7.30. The number of aromatic amines is 1. The molecule has 0 aliphatic carbocycles. The van der Waals surface area contributed by atoms with Gasteiger partial charge in [-0.15, -0.1) is 0 Å². The Morgan fingerprint density at radius 2 is 1.62 bits per heavy atom. The first kappa shape index (κ1) is 28.6. The normalized spacial score (nSPS) is 14.9. The molecule has 39 heavy (non-hydrogen) atoms. The number of nitrogens with one attached hydrogen (secondary N) is 1. The van der Waals surface area contributed by atoms with Crippen LogP contribution in [-0.4, -0.2) is 28.8 Å². The van der Waals surface area contributed by atoms with Crippen LogP contribution in [0.1, 0.15) is 88.2 Å². The Bertz CT molecular complexity index is 1310. The number of nitrogens with zero attached hydrogens (tertiary/aromatic N) is 2. The molecule has 1 aromatic heterocycles. The summed E-state index contributed by atoms with van der Waals surface area (Å²) in [4.78, 5) is 36.5. The molecule has 208 valence electrons. The Kier molecular flexibility index (Phi) is 8.63. The summed E-state index contributed by atoms with van der Waals surface area (Å²) < 4.78 is 5.89. The van der Waals surface area contributed by atoms with Gasteiger partial charge in [-0.3, -0.25) is 9.59 Å². The van der Waals surface area contributed by atoms with Crippen LogP contribution in [0.3, 0.4) is 0 Å². The summed E-state index contributed by atoms with van der Waals surface area (Å²) in [6.07, 6.45) is 2.93. The van der Waals surface area contributed by atoms with E-state index in [1.165, 1.54) is 11.3 Å². The molecule has 0 bridgehead atoms. The lowest BCUT2D eigenvalue weighted by atomic mass is 9.87. The fraction of sp³-hybridized carbons (Fsp3) is 0.485. The summed E-state index contributed by atoms with van der Waals surface area (Å²) in [6.45, 7) is 14.8. The van der Waals surface area contributed by atoms with E-state index in [1.807, 2.05) is 51.1 Å². The van der Waals surface area contributed by atoms with E-state index in [9.17, 15) is 9.59 Å². The summed E-state index contributed by atoms with van der Waals surface area (Å²) in [5.41, 5.74) is 3.20. The van der Waals surface area contributed by atoms with Crippen molar-refractivity contribution in [2.45, 2.75) is 79.2 Å². The Morgan fingerprint density at radius 1 is 0.974 bits per heavy atom. The van der Waals surface area contributed by atoms with Gasteiger partial charge in [-0.2, -0.15) is 0 Å². The van der Waals surface area contributed by atoms with Gasteiger partial charge >= 0.3 is 0 Å². The minimum atomic E-state index is -0.385. The second-order valence-corrected chi connectivity index (χ2v) is 13.1. The minimum Gasteiger partial charge on any atom is -0.481 e.